The highest BCUT2D eigenvalue weighted by atomic mass is 35.5. The van der Waals surface area contributed by atoms with Crippen molar-refractivity contribution in [1.82, 2.24) is 0 Å². The van der Waals surface area contributed by atoms with Crippen molar-refractivity contribution in [2.24, 2.45) is 0 Å². The highest BCUT2D eigenvalue weighted by Gasteiger charge is 2.17. The van der Waals surface area contributed by atoms with Gasteiger partial charge < -0.3 is 10.2 Å². The third-order valence-corrected chi connectivity index (χ3v) is 1.78. The average molecular weight is 186 g/mol. The highest BCUT2D eigenvalue weighted by Crippen LogP contribution is 2.22. The molecule has 0 aliphatic heterocycles. The Bertz CT molecular complexity index is 298. The maximum absolute atomic E-state index is 10.3. The summed E-state index contributed by atoms with van der Waals surface area (Å²) in [6, 6.07) is 6.29. The summed E-state index contributed by atoms with van der Waals surface area (Å²) in [6.07, 6.45) is -1.54. The van der Waals surface area contributed by atoms with Gasteiger partial charge >= 0.3 is 5.97 Å². The molecule has 2 N–H and O–H groups in total. The Balaban J connectivity index is 3.02. The van der Waals surface area contributed by atoms with Gasteiger partial charge in [-0.1, -0.05) is 29.8 Å². The van der Waals surface area contributed by atoms with Crippen LogP contribution in [0.3, 0.4) is 0 Å². The predicted molar refractivity (Wildman–Crippen MR) is 44.0 cm³/mol. The van der Waals surface area contributed by atoms with Gasteiger partial charge in [0, 0.05) is 10.6 Å². The van der Waals surface area contributed by atoms with E-state index in [0.717, 1.165) is 0 Å². The first-order chi connectivity index (χ1) is 5.63. The maximum Gasteiger partial charge on any atom is 0.337 e. The van der Waals surface area contributed by atoms with Gasteiger partial charge in [0.2, 0.25) is 0 Å². The number of carboxylic acid groups (broad SMARTS) is 1. The van der Waals surface area contributed by atoms with E-state index in [1.165, 1.54) is 12.1 Å². The fraction of sp³-hybridized carbons (Fsp3) is 0.125. The minimum Gasteiger partial charge on any atom is -0.479 e. The molecule has 1 unspecified atom stereocenters. The first-order valence-corrected chi connectivity index (χ1v) is 3.66. The van der Waals surface area contributed by atoms with Crippen molar-refractivity contribution in [2.75, 3.05) is 0 Å². The lowest BCUT2D eigenvalue weighted by atomic mass is 9.91. The summed E-state index contributed by atoms with van der Waals surface area (Å²) in [5.41, 5.74) is 0.215. The predicted octanol–water partition coefficient (Wildman–Crippen LogP) is 1.46. The van der Waals surface area contributed by atoms with Crippen molar-refractivity contribution >= 4 is 17.6 Å². The van der Waals surface area contributed by atoms with Crippen LogP contribution in [0.1, 0.15) is 11.7 Å². The lowest BCUT2D eigenvalue weighted by molar-refractivity contribution is -0.146. The number of hydrogen-bond acceptors (Lipinski definition) is 2. The van der Waals surface area contributed by atoms with Crippen LogP contribution >= 0.6 is 11.6 Å². The molecule has 0 aliphatic carbocycles. The molecule has 0 saturated carbocycles. The molecule has 1 atom stereocenters. The van der Waals surface area contributed by atoms with Crippen molar-refractivity contribution in [3.05, 3.63) is 34.9 Å². The quantitative estimate of drug-likeness (QED) is 0.734. The number of aliphatic hydroxyl groups excluding tert-OH is 1. The Labute approximate surface area is 74.2 Å². The number of rotatable bonds is 2. The second-order valence-electron chi connectivity index (χ2n) is 2.26. The lowest BCUT2D eigenvalue weighted by Crippen LogP contribution is -2.10. The van der Waals surface area contributed by atoms with E-state index in [9.17, 15) is 4.79 Å². The molecule has 0 saturated heterocycles. The van der Waals surface area contributed by atoms with Crippen LogP contribution in [-0.4, -0.2) is 16.2 Å². The van der Waals surface area contributed by atoms with E-state index >= 15 is 0 Å². The summed E-state index contributed by atoms with van der Waals surface area (Å²) in [5, 5.41) is 17.8. The van der Waals surface area contributed by atoms with Gasteiger partial charge in [-0.15, -0.1) is 0 Å². The van der Waals surface area contributed by atoms with Crippen LogP contribution in [0.4, 0.5) is 0 Å². The molecule has 1 aromatic rings. The first kappa shape index (κ1) is 9.03. The molecular weight excluding hydrogens is 179 g/mol. The largest absolute Gasteiger partial charge is 0.479 e. The van der Waals surface area contributed by atoms with Gasteiger partial charge in [-0.25, -0.2) is 4.79 Å². The molecule has 64 valence electrons. The monoisotopic (exact) mass is 185 g/mol. The molecule has 0 spiro atoms. The minimum absolute atomic E-state index is 0.215. The molecular formula is C8H7ClO3. The number of halogens is 1. The van der Waals surface area contributed by atoms with Crippen LogP contribution in [-0.2, 0) is 4.79 Å². The zero-order valence-corrected chi connectivity index (χ0v) is 6.82. The number of benzene rings is 1. The molecule has 0 bridgehead atoms. The van der Waals surface area contributed by atoms with Crippen LogP contribution in [0.5, 0.6) is 0 Å². The Morgan fingerprint density at radius 3 is 2.50 bits per heavy atom. The third kappa shape index (κ3) is 1.75. The van der Waals surface area contributed by atoms with Crippen molar-refractivity contribution in [1.29, 1.82) is 0 Å². The second-order valence-corrected chi connectivity index (χ2v) is 2.67. The summed E-state index contributed by atoms with van der Waals surface area (Å²) in [7, 11) is 0. The van der Waals surface area contributed by atoms with Crippen LogP contribution in [0.25, 0.3) is 0 Å². The number of carboxylic acids is 1. The molecule has 0 aliphatic rings. The third-order valence-electron chi connectivity index (χ3n) is 1.43. The standard InChI is InChI=1S/C8H7ClO3/c9-6-4-2-1-3-5(6)7(10)8(11)12/h1-4,7,10H,(H,11,12)/i8-1. The van der Waals surface area contributed by atoms with Crippen LogP contribution in [0.15, 0.2) is 24.3 Å². The molecule has 0 fully saturated rings. The molecule has 1 aromatic carbocycles. The summed E-state index contributed by atoms with van der Waals surface area (Å²) < 4.78 is 0. The molecule has 3 nitrogen and oxygen atoms in total. The van der Waals surface area contributed by atoms with Gasteiger partial charge in [0.05, 0.1) is 0 Å². The fourth-order valence-electron chi connectivity index (χ4n) is 0.830. The SMILES string of the molecule is O=[11C](O)C(O)c1ccccc1Cl. The van der Waals surface area contributed by atoms with Gasteiger partial charge in [0.1, 0.15) is 0 Å². The van der Waals surface area contributed by atoms with Gasteiger partial charge in [-0.05, 0) is 6.07 Å². The fourth-order valence-corrected chi connectivity index (χ4v) is 1.07. The zero-order valence-electron chi connectivity index (χ0n) is 6.07. The molecule has 1 rings (SSSR count). The number of carbonyl (C=O) groups is 1. The summed E-state index contributed by atoms with van der Waals surface area (Å²) in [5.74, 6) is -1.30. The smallest absolute Gasteiger partial charge is 0.337 e. The molecule has 0 radical (unpaired) electrons. The van der Waals surface area contributed by atoms with E-state index in [2.05, 4.69) is 0 Å². The Morgan fingerprint density at radius 2 is 2.00 bits per heavy atom. The number of hydrogen-bond donors (Lipinski definition) is 2. The van der Waals surface area contributed by atoms with Crippen molar-refractivity contribution in [3.63, 3.8) is 0 Å². The van der Waals surface area contributed by atoms with E-state index in [0.29, 0.717) is 0 Å². The second kappa shape index (κ2) is 3.56. The Hall–Kier alpha value is -1.06. The number of aliphatic hydroxyl groups is 1. The topological polar surface area (TPSA) is 57.5 Å². The maximum atomic E-state index is 10.3. The first-order valence-electron chi connectivity index (χ1n) is 3.28. The van der Waals surface area contributed by atoms with E-state index in [-0.39, 0.29) is 10.6 Å². The van der Waals surface area contributed by atoms with Gasteiger partial charge in [-0.2, -0.15) is 0 Å². The van der Waals surface area contributed by atoms with Crippen LogP contribution < -0.4 is 0 Å². The normalized spacial score (nSPS) is 12.5. The zero-order chi connectivity index (χ0) is 9.14. The van der Waals surface area contributed by atoms with Crippen LogP contribution in [0.2, 0.25) is 5.02 Å². The average Bonchev–Trinajstić information content (AvgIpc) is 2.04. The summed E-state index contributed by atoms with van der Waals surface area (Å²) in [4.78, 5) is 10.3. The van der Waals surface area contributed by atoms with Gasteiger partial charge in [0.25, 0.3) is 0 Å². The van der Waals surface area contributed by atoms with E-state index < -0.39 is 12.1 Å². The minimum atomic E-state index is -1.54. The molecule has 4 heteroatoms. The Morgan fingerprint density at radius 1 is 1.42 bits per heavy atom. The van der Waals surface area contributed by atoms with Crippen molar-refractivity contribution in [2.45, 2.75) is 6.10 Å². The summed E-state index contributed by atoms with van der Waals surface area (Å²) >= 11 is 5.64. The lowest BCUT2D eigenvalue weighted by Gasteiger charge is -2.06. The summed E-state index contributed by atoms with van der Waals surface area (Å²) in [6.45, 7) is 0. The Kier molecular flexibility index (Phi) is 2.68. The molecule has 0 aromatic heterocycles. The molecule has 12 heavy (non-hydrogen) atoms. The van der Waals surface area contributed by atoms with Crippen molar-refractivity contribution < 1.29 is 15.0 Å². The molecule has 0 heterocycles. The van der Waals surface area contributed by atoms with E-state index in [1.54, 1.807) is 12.1 Å². The highest BCUT2D eigenvalue weighted by molar-refractivity contribution is 6.31. The van der Waals surface area contributed by atoms with E-state index in [4.69, 9.17) is 21.8 Å². The van der Waals surface area contributed by atoms with Crippen molar-refractivity contribution in [3.8, 4) is 0 Å². The number of aliphatic carboxylic acids is 1. The van der Waals surface area contributed by atoms with Gasteiger partial charge in [0.15, 0.2) is 6.10 Å². The van der Waals surface area contributed by atoms with Gasteiger partial charge in [-0.3, -0.25) is 0 Å². The van der Waals surface area contributed by atoms with Crippen LogP contribution in [0, 0.1) is 0 Å². The molecule has 0 amide bonds. The van der Waals surface area contributed by atoms with E-state index in [1.807, 2.05) is 0 Å².